The maximum absolute atomic E-state index is 14.2. The molecule has 0 fully saturated rings. The van der Waals surface area contributed by atoms with Gasteiger partial charge in [0.1, 0.15) is 11.6 Å². The van der Waals surface area contributed by atoms with Gasteiger partial charge in [0, 0.05) is 24.3 Å². The molecule has 1 aromatic rings. The van der Waals surface area contributed by atoms with Crippen LogP contribution in [0.5, 0.6) is 5.75 Å². The van der Waals surface area contributed by atoms with Crippen LogP contribution in [0, 0.1) is 5.82 Å². The first-order valence-electron chi connectivity index (χ1n) is 5.32. The molecule has 0 amide bonds. The van der Waals surface area contributed by atoms with E-state index in [9.17, 15) is 9.18 Å². The van der Waals surface area contributed by atoms with Gasteiger partial charge in [-0.25, -0.2) is 4.39 Å². The number of aliphatic carboxylic acids is 1. The van der Waals surface area contributed by atoms with Gasteiger partial charge < -0.3 is 20.3 Å². The number of halogens is 1. The lowest BCUT2D eigenvalue weighted by Crippen LogP contribution is -2.18. The second-order valence-corrected chi connectivity index (χ2v) is 3.79. The van der Waals surface area contributed by atoms with Crippen LogP contribution >= 0.6 is 0 Å². The molecule has 0 spiro atoms. The van der Waals surface area contributed by atoms with E-state index >= 15 is 0 Å². The third-order valence-corrected chi connectivity index (χ3v) is 2.50. The summed E-state index contributed by atoms with van der Waals surface area (Å²) < 4.78 is 24.0. The van der Waals surface area contributed by atoms with Gasteiger partial charge in [-0.1, -0.05) is 6.07 Å². The number of hydrogen-bond acceptors (Lipinski definition) is 4. The van der Waals surface area contributed by atoms with Crippen molar-refractivity contribution < 1.29 is 23.8 Å². The third kappa shape index (κ3) is 3.18. The fourth-order valence-corrected chi connectivity index (χ4v) is 1.70. The molecule has 6 heteroatoms. The predicted molar refractivity (Wildman–Crippen MR) is 62.8 cm³/mol. The van der Waals surface area contributed by atoms with Crippen molar-refractivity contribution in [3.8, 4) is 5.75 Å². The van der Waals surface area contributed by atoms with Gasteiger partial charge in [0.05, 0.1) is 20.1 Å². The molecule has 0 aromatic heterocycles. The molecule has 18 heavy (non-hydrogen) atoms. The fourth-order valence-electron chi connectivity index (χ4n) is 1.70. The second kappa shape index (κ2) is 6.32. The summed E-state index contributed by atoms with van der Waals surface area (Å²) in [6.45, 7) is 0.0859. The highest BCUT2D eigenvalue weighted by Gasteiger charge is 2.22. The van der Waals surface area contributed by atoms with Crippen molar-refractivity contribution in [2.45, 2.75) is 19.1 Å². The van der Waals surface area contributed by atoms with E-state index in [2.05, 4.69) is 0 Å². The summed E-state index contributed by atoms with van der Waals surface area (Å²) in [6.07, 6.45) is -0.371. The van der Waals surface area contributed by atoms with Crippen LogP contribution in [0.1, 0.15) is 23.6 Å². The minimum Gasteiger partial charge on any atom is -0.496 e. The van der Waals surface area contributed by atoms with Crippen molar-refractivity contribution in [1.82, 2.24) is 0 Å². The van der Waals surface area contributed by atoms with Crippen LogP contribution in [0.3, 0.4) is 0 Å². The zero-order valence-corrected chi connectivity index (χ0v) is 10.3. The Morgan fingerprint density at radius 2 is 2.17 bits per heavy atom. The molecule has 1 rings (SSSR count). The van der Waals surface area contributed by atoms with Crippen LogP contribution < -0.4 is 10.5 Å². The molecular weight excluding hydrogens is 241 g/mol. The van der Waals surface area contributed by atoms with Crippen LogP contribution in [0.15, 0.2) is 12.1 Å². The largest absolute Gasteiger partial charge is 0.496 e. The second-order valence-electron chi connectivity index (χ2n) is 3.79. The quantitative estimate of drug-likeness (QED) is 0.806. The third-order valence-electron chi connectivity index (χ3n) is 2.50. The van der Waals surface area contributed by atoms with E-state index in [1.807, 2.05) is 0 Å². The smallest absolute Gasteiger partial charge is 0.305 e. The lowest BCUT2D eigenvalue weighted by Gasteiger charge is -2.17. The molecule has 3 N–H and O–H groups in total. The molecule has 0 heterocycles. The van der Waals surface area contributed by atoms with Crippen LogP contribution in [0.2, 0.25) is 0 Å². The number of carbonyl (C=O) groups is 1. The average Bonchev–Trinajstić information content (AvgIpc) is 2.30. The Balaban J connectivity index is 3.19. The van der Waals surface area contributed by atoms with Crippen LogP contribution in [0.4, 0.5) is 4.39 Å². The number of carboxylic acid groups (broad SMARTS) is 1. The molecule has 5 nitrogen and oxygen atoms in total. The van der Waals surface area contributed by atoms with E-state index in [-0.39, 0.29) is 24.3 Å². The van der Waals surface area contributed by atoms with Crippen molar-refractivity contribution in [2.75, 3.05) is 14.2 Å². The highest BCUT2D eigenvalue weighted by Crippen LogP contribution is 2.30. The Morgan fingerprint density at radius 3 is 2.67 bits per heavy atom. The number of methoxy groups -OCH3 is 2. The number of nitrogens with two attached hydrogens (primary N) is 1. The number of rotatable bonds is 6. The standard InChI is InChI=1S/C12H16FNO4/c1-17-6-7-3-4-9(18-2)11(12(7)13)8(14)5-10(15)16/h3-4,8H,5-6,14H2,1-2H3,(H,15,16). The first-order valence-corrected chi connectivity index (χ1v) is 5.32. The SMILES string of the molecule is COCc1ccc(OC)c(C(N)CC(=O)O)c1F. The summed E-state index contributed by atoms with van der Waals surface area (Å²) in [5.41, 5.74) is 6.07. The van der Waals surface area contributed by atoms with E-state index in [1.54, 1.807) is 6.07 Å². The average molecular weight is 257 g/mol. The Kier molecular flexibility index (Phi) is 5.06. The maximum atomic E-state index is 14.2. The molecule has 0 radical (unpaired) electrons. The first kappa shape index (κ1) is 14.4. The topological polar surface area (TPSA) is 81.8 Å². The van der Waals surface area contributed by atoms with Crippen molar-refractivity contribution in [3.63, 3.8) is 0 Å². The summed E-state index contributed by atoms with van der Waals surface area (Å²) in [6, 6.07) is 2.11. The molecular formula is C12H16FNO4. The van der Waals surface area contributed by atoms with E-state index in [4.69, 9.17) is 20.3 Å². The Labute approximate surface area is 104 Å². The molecule has 100 valence electrons. The fraction of sp³-hybridized carbons (Fsp3) is 0.417. The van der Waals surface area contributed by atoms with Gasteiger partial charge >= 0.3 is 5.97 Å². The number of carboxylic acids is 1. The molecule has 1 unspecified atom stereocenters. The highest BCUT2D eigenvalue weighted by molar-refractivity contribution is 5.68. The molecule has 0 bridgehead atoms. The van der Waals surface area contributed by atoms with E-state index in [0.29, 0.717) is 5.56 Å². The van der Waals surface area contributed by atoms with Gasteiger partial charge in [-0.3, -0.25) is 4.79 Å². The lowest BCUT2D eigenvalue weighted by atomic mass is 10.00. The summed E-state index contributed by atoms with van der Waals surface area (Å²) in [4.78, 5) is 10.6. The normalized spacial score (nSPS) is 12.2. The summed E-state index contributed by atoms with van der Waals surface area (Å²) in [7, 11) is 2.82. The number of ether oxygens (including phenoxy) is 2. The molecule has 0 aliphatic rings. The van der Waals surface area contributed by atoms with Crippen molar-refractivity contribution >= 4 is 5.97 Å². The van der Waals surface area contributed by atoms with Gasteiger partial charge in [0.25, 0.3) is 0 Å². The molecule has 1 aromatic carbocycles. The molecule has 0 aliphatic carbocycles. The van der Waals surface area contributed by atoms with Gasteiger partial charge in [0.15, 0.2) is 0 Å². The number of hydrogen-bond donors (Lipinski definition) is 2. The minimum atomic E-state index is -1.10. The minimum absolute atomic E-state index is 0.0643. The van der Waals surface area contributed by atoms with Gasteiger partial charge in [-0.05, 0) is 6.07 Å². The lowest BCUT2D eigenvalue weighted by molar-refractivity contribution is -0.137. The van der Waals surface area contributed by atoms with Crippen LogP contribution in [0.25, 0.3) is 0 Å². The Bertz CT molecular complexity index is 436. The van der Waals surface area contributed by atoms with E-state index < -0.39 is 17.8 Å². The van der Waals surface area contributed by atoms with E-state index in [1.165, 1.54) is 20.3 Å². The first-order chi connectivity index (χ1) is 8.51. The van der Waals surface area contributed by atoms with Crippen molar-refractivity contribution in [3.05, 3.63) is 29.1 Å². The maximum Gasteiger partial charge on any atom is 0.305 e. The van der Waals surface area contributed by atoms with Gasteiger partial charge in [0.2, 0.25) is 0 Å². The zero-order valence-electron chi connectivity index (χ0n) is 10.3. The highest BCUT2D eigenvalue weighted by atomic mass is 19.1. The molecule has 0 saturated heterocycles. The van der Waals surface area contributed by atoms with Gasteiger partial charge in [-0.15, -0.1) is 0 Å². The molecule has 0 saturated carbocycles. The monoisotopic (exact) mass is 257 g/mol. The van der Waals surface area contributed by atoms with Crippen molar-refractivity contribution in [2.24, 2.45) is 5.73 Å². The van der Waals surface area contributed by atoms with Gasteiger partial charge in [-0.2, -0.15) is 0 Å². The Morgan fingerprint density at radius 1 is 1.50 bits per heavy atom. The molecule has 1 atom stereocenters. The van der Waals surface area contributed by atoms with Crippen LogP contribution in [-0.4, -0.2) is 25.3 Å². The Hall–Kier alpha value is -1.66. The summed E-state index contributed by atoms with van der Waals surface area (Å²) in [5, 5.41) is 8.70. The predicted octanol–water partition coefficient (Wildman–Crippen LogP) is 1.46. The summed E-state index contributed by atoms with van der Waals surface area (Å²) in [5.74, 6) is -1.44. The zero-order chi connectivity index (χ0) is 13.7. The van der Waals surface area contributed by atoms with Crippen molar-refractivity contribution in [1.29, 1.82) is 0 Å². The number of benzene rings is 1. The van der Waals surface area contributed by atoms with Crippen LogP contribution in [-0.2, 0) is 16.1 Å². The summed E-state index contributed by atoms with van der Waals surface area (Å²) >= 11 is 0. The van der Waals surface area contributed by atoms with E-state index in [0.717, 1.165) is 0 Å². The molecule has 0 aliphatic heterocycles.